The number of nitrogens with one attached hydrogen (secondary N) is 1. The van der Waals surface area contributed by atoms with Gasteiger partial charge >= 0.3 is 0 Å². The topological polar surface area (TPSA) is 41.1 Å². The highest BCUT2D eigenvalue weighted by Gasteiger charge is 2.29. The summed E-state index contributed by atoms with van der Waals surface area (Å²) in [5, 5.41) is 3.21. The van der Waals surface area contributed by atoms with Crippen LogP contribution in [0.25, 0.3) is 0 Å². The zero-order chi connectivity index (χ0) is 14.0. The third-order valence-corrected chi connectivity index (χ3v) is 4.14. The molecular formula is C15H26N4. The molecule has 0 amide bonds. The Morgan fingerprint density at radius 3 is 2.37 bits per heavy atom. The molecule has 2 rings (SSSR count). The molecular weight excluding hydrogens is 236 g/mol. The Labute approximate surface area is 116 Å². The van der Waals surface area contributed by atoms with E-state index in [9.17, 15) is 0 Å². The van der Waals surface area contributed by atoms with Gasteiger partial charge in [-0.2, -0.15) is 0 Å². The maximum atomic E-state index is 4.83. The number of rotatable bonds is 6. The molecule has 0 atom stereocenters. The van der Waals surface area contributed by atoms with Gasteiger partial charge in [0.2, 0.25) is 0 Å². The minimum absolute atomic E-state index is 0.547. The Kier molecular flexibility index (Phi) is 4.27. The van der Waals surface area contributed by atoms with Crippen LogP contribution in [0.15, 0.2) is 0 Å². The molecule has 0 radical (unpaired) electrons. The van der Waals surface area contributed by atoms with Crippen molar-refractivity contribution in [3.05, 3.63) is 11.4 Å². The van der Waals surface area contributed by atoms with E-state index in [0.29, 0.717) is 12.0 Å². The molecule has 1 aromatic rings. The van der Waals surface area contributed by atoms with E-state index >= 15 is 0 Å². The molecule has 0 aromatic carbocycles. The first-order valence-electron chi connectivity index (χ1n) is 7.41. The minimum Gasteiger partial charge on any atom is -0.373 e. The van der Waals surface area contributed by atoms with Crippen LogP contribution in [0.2, 0.25) is 0 Å². The highest BCUT2D eigenvalue weighted by atomic mass is 15.2. The summed E-state index contributed by atoms with van der Waals surface area (Å²) in [4.78, 5) is 11.8. The lowest BCUT2D eigenvalue weighted by Crippen LogP contribution is -2.32. The molecule has 1 aliphatic carbocycles. The molecule has 0 saturated heterocycles. The Balaban J connectivity index is 2.39. The summed E-state index contributed by atoms with van der Waals surface area (Å²) in [5.41, 5.74) is 1.15. The zero-order valence-corrected chi connectivity index (χ0v) is 12.8. The van der Waals surface area contributed by atoms with Crippen LogP contribution in [0.1, 0.15) is 56.8 Å². The number of hydrogen-bond acceptors (Lipinski definition) is 4. The molecule has 1 fully saturated rings. The molecule has 0 aliphatic heterocycles. The quantitative estimate of drug-likeness (QED) is 0.853. The van der Waals surface area contributed by atoms with Gasteiger partial charge in [-0.1, -0.05) is 13.8 Å². The van der Waals surface area contributed by atoms with Gasteiger partial charge in [0.15, 0.2) is 0 Å². The highest BCUT2D eigenvalue weighted by molar-refractivity contribution is 5.59. The normalized spacial score (nSPS) is 14.8. The maximum absolute atomic E-state index is 4.83. The van der Waals surface area contributed by atoms with Crippen LogP contribution >= 0.6 is 0 Å². The predicted octanol–water partition coefficient (Wildman–Crippen LogP) is 3.33. The fourth-order valence-electron chi connectivity index (χ4n) is 2.64. The fraction of sp³-hybridized carbons (Fsp3) is 0.733. The van der Waals surface area contributed by atoms with E-state index in [0.717, 1.165) is 35.9 Å². The van der Waals surface area contributed by atoms with E-state index in [2.05, 4.69) is 43.0 Å². The monoisotopic (exact) mass is 262 g/mol. The first kappa shape index (κ1) is 14.1. The van der Waals surface area contributed by atoms with Crippen LogP contribution in [0.4, 0.5) is 11.6 Å². The number of hydrogen-bond donors (Lipinski definition) is 1. The van der Waals surface area contributed by atoms with Crippen molar-refractivity contribution in [2.75, 3.05) is 24.3 Å². The van der Waals surface area contributed by atoms with E-state index in [1.54, 1.807) is 0 Å². The summed E-state index contributed by atoms with van der Waals surface area (Å²) >= 11 is 0. The Bertz CT molecular complexity index is 436. The van der Waals surface area contributed by atoms with E-state index in [1.165, 1.54) is 12.8 Å². The Hall–Kier alpha value is -1.32. The standard InChI is InChI=1S/C15H26N4/c1-6-12(7-2)19(5)15-10(3)13(16-4)17-14(18-15)11-8-9-11/h11-12H,6-9H2,1-5H3,(H,16,17,18). The molecule has 106 valence electrons. The second-order valence-electron chi connectivity index (χ2n) is 5.48. The van der Waals surface area contributed by atoms with Gasteiger partial charge in [-0.15, -0.1) is 0 Å². The lowest BCUT2D eigenvalue weighted by Gasteiger charge is -2.29. The van der Waals surface area contributed by atoms with Crippen molar-refractivity contribution in [2.24, 2.45) is 0 Å². The van der Waals surface area contributed by atoms with Crippen LogP contribution in [-0.2, 0) is 0 Å². The molecule has 4 nitrogen and oxygen atoms in total. The third kappa shape index (κ3) is 2.82. The van der Waals surface area contributed by atoms with Crippen LogP contribution in [0.3, 0.4) is 0 Å². The van der Waals surface area contributed by atoms with Crippen LogP contribution in [0, 0.1) is 6.92 Å². The second kappa shape index (κ2) is 5.76. The smallest absolute Gasteiger partial charge is 0.137 e. The molecule has 1 heterocycles. The average molecular weight is 262 g/mol. The summed E-state index contributed by atoms with van der Waals surface area (Å²) in [5.74, 6) is 3.67. The van der Waals surface area contributed by atoms with Crippen molar-refractivity contribution in [2.45, 2.75) is 58.4 Å². The molecule has 1 aromatic heterocycles. The van der Waals surface area contributed by atoms with Crippen molar-refractivity contribution in [3.8, 4) is 0 Å². The number of anilines is 2. The van der Waals surface area contributed by atoms with Crippen molar-refractivity contribution >= 4 is 11.6 Å². The van der Waals surface area contributed by atoms with Gasteiger partial charge in [0.05, 0.1) is 0 Å². The molecule has 1 saturated carbocycles. The predicted molar refractivity (Wildman–Crippen MR) is 81.1 cm³/mol. The van der Waals surface area contributed by atoms with Crippen molar-refractivity contribution in [1.29, 1.82) is 0 Å². The van der Waals surface area contributed by atoms with Gasteiger partial charge < -0.3 is 10.2 Å². The van der Waals surface area contributed by atoms with Gasteiger partial charge in [0.25, 0.3) is 0 Å². The average Bonchev–Trinajstić information content (AvgIpc) is 3.24. The molecule has 0 unspecified atom stereocenters. The molecule has 4 heteroatoms. The maximum Gasteiger partial charge on any atom is 0.137 e. The number of aromatic nitrogens is 2. The largest absolute Gasteiger partial charge is 0.373 e. The molecule has 0 bridgehead atoms. The van der Waals surface area contributed by atoms with Gasteiger partial charge in [-0.25, -0.2) is 9.97 Å². The van der Waals surface area contributed by atoms with Crippen LogP contribution in [0.5, 0.6) is 0 Å². The Morgan fingerprint density at radius 2 is 1.89 bits per heavy atom. The summed E-state index contributed by atoms with van der Waals surface area (Å²) in [6.07, 6.45) is 4.76. The van der Waals surface area contributed by atoms with Gasteiger partial charge in [-0.3, -0.25) is 0 Å². The van der Waals surface area contributed by atoms with Crippen molar-refractivity contribution in [1.82, 2.24) is 9.97 Å². The lowest BCUT2D eigenvalue weighted by atomic mass is 10.1. The van der Waals surface area contributed by atoms with Crippen LogP contribution < -0.4 is 10.2 Å². The summed E-state index contributed by atoms with van der Waals surface area (Å²) in [6.45, 7) is 6.58. The summed E-state index contributed by atoms with van der Waals surface area (Å²) in [6, 6.07) is 0.547. The second-order valence-corrected chi connectivity index (χ2v) is 5.48. The zero-order valence-electron chi connectivity index (χ0n) is 12.8. The van der Waals surface area contributed by atoms with Crippen LogP contribution in [-0.4, -0.2) is 30.1 Å². The highest BCUT2D eigenvalue weighted by Crippen LogP contribution is 2.40. The molecule has 1 aliphatic rings. The van der Waals surface area contributed by atoms with E-state index in [-0.39, 0.29) is 0 Å². The lowest BCUT2D eigenvalue weighted by molar-refractivity contribution is 0.584. The first-order chi connectivity index (χ1) is 9.12. The summed E-state index contributed by atoms with van der Waals surface area (Å²) < 4.78 is 0. The molecule has 0 spiro atoms. The summed E-state index contributed by atoms with van der Waals surface area (Å²) in [7, 11) is 4.09. The minimum atomic E-state index is 0.547. The SMILES string of the molecule is CCC(CC)N(C)c1nc(C2CC2)nc(NC)c1C. The number of nitrogens with zero attached hydrogens (tertiary/aromatic N) is 3. The fourth-order valence-corrected chi connectivity index (χ4v) is 2.64. The molecule has 1 N–H and O–H groups in total. The van der Waals surface area contributed by atoms with E-state index in [1.807, 2.05) is 7.05 Å². The Morgan fingerprint density at radius 1 is 1.26 bits per heavy atom. The van der Waals surface area contributed by atoms with Gasteiger partial charge in [0.1, 0.15) is 17.5 Å². The van der Waals surface area contributed by atoms with E-state index < -0.39 is 0 Å². The van der Waals surface area contributed by atoms with Crippen molar-refractivity contribution < 1.29 is 0 Å². The van der Waals surface area contributed by atoms with Crippen molar-refractivity contribution in [3.63, 3.8) is 0 Å². The third-order valence-electron chi connectivity index (χ3n) is 4.14. The first-order valence-corrected chi connectivity index (χ1v) is 7.41. The molecule has 19 heavy (non-hydrogen) atoms. The van der Waals surface area contributed by atoms with Gasteiger partial charge in [0, 0.05) is 31.6 Å². The van der Waals surface area contributed by atoms with E-state index in [4.69, 9.17) is 4.98 Å². The van der Waals surface area contributed by atoms with Gasteiger partial charge in [-0.05, 0) is 32.6 Å².